The monoisotopic (exact) mass is 314 g/mol. The van der Waals surface area contributed by atoms with Crippen LogP contribution in [0.4, 0.5) is 0 Å². The third kappa shape index (κ3) is 2.03. The van der Waals surface area contributed by atoms with Crippen LogP contribution in [0.15, 0.2) is 30.6 Å². The van der Waals surface area contributed by atoms with Crippen molar-refractivity contribution in [3.05, 3.63) is 41.2 Å². The quantitative estimate of drug-likeness (QED) is 0.786. The highest BCUT2D eigenvalue weighted by molar-refractivity contribution is 6.35. The van der Waals surface area contributed by atoms with Crippen LogP contribution in [-0.4, -0.2) is 27.9 Å². The molecule has 2 bridgehead atoms. The Bertz CT molecular complexity index is 760. The van der Waals surface area contributed by atoms with E-state index in [2.05, 4.69) is 16.8 Å². The first-order valence-electron chi connectivity index (χ1n) is 7.93. The summed E-state index contributed by atoms with van der Waals surface area (Å²) in [5, 5.41) is 2.39. The number of carbonyl (C=O) groups excluding carboxylic acids is 1. The van der Waals surface area contributed by atoms with Gasteiger partial charge in [-0.1, -0.05) is 30.2 Å². The molecule has 1 amide bonds. The molecule has 22 heavy (non-hydrogen) atoms. The number of aromatic nitrogens is 1. The van der Waals surface area contributed by atoms with Gasteiger partial charge in [0.2, 0.25) is 0 Å². The van der Waals surface area contributed by atoms with Gasteiger partial charge < -0.3 is 4.90 Å². The van der Waals surface area contributed by atoms with E-state index in [0.717, 1.165) is 30.2 Å². The number of halogens is 1. The van der Waals surface area contributed by atoms with Crippen molar-refractivity contribution in [1.82, 2.24) is 9.88 Å². The molecule has 1 saturated carbocycles. The molecule has 0 radical (unpaired) electrons. The van der Waals surface area contributed by atoms with E-state index in [4.69, 9.17) is 11.6 Å². The smallest absolute Gasteiger partial charge is 0.256 e. The van der Waals surface area contributed by atoms with Gasteiger partial charge in [0, 0.05) is 34.9 Å². The van der Waals surface area contributed by atoms with Crippen molar-refractivity contribution in [3.63, 3.8) is 0 Å². The molecule has 1 saturated heterocycles. The number of likely N-dealkylation sites (tertiary alicyclic amines) is 1. The van der Waals surface area contributed by atoms with Crippen LogP contribution < -0.4 is 0 Å². The van der Waals surface area contributed by atoms with Gasteiger partial charge in [0.1, 0.15) is 0 Å². The Balaban J connectivity index is 1.79. The van der Waals surface area contributed by atoms with E-state index in [-0.39, 0.29) is 11.4 Å². The third-order valence-corrected chi connectivity index (χ3v) is 5.70. The topological polar surface area (TPSA) is 33.2 Å². The fourth-order valence-electron chi connectivity index (χ4n) is 4.28. The predicted molar refractivity (Wildman–Crippen MR) is 88.2 cm³/mol. The molecule has 0 spiro atoms. The summed E-state index contributed by atoms with van der Waals surface area (Å²) < 4.78 is 0. The van der Waals surface area contributed by atoms with E-state index < -0.39 is 0 Å². The van der Waals surface area contributed by atoms with Crippen molar-refractivity contribution < 1.29 is 4.79 Å². The van der Waals surface area contributed by atoms with Gasteiger partial charge in [0.25, 0.3) is 5.91 Å². The molecular weight excluding hydrogens is 296 g/mol. The second-order valence-electron chi connectivity index (χ2n) is 6.90. The highest BCUT2D eigenvalue weighted by Crippen LogP contribution is 2.44. The van der Waals surface area contributed by atoms with Crippen molar-refractivity contribution in [1.29, 1.82) is 0 Å². The van der Waals surface area contributed by atoms with Crippen LogP contribution in [0.5, 0.6) is 0 Å². The summed E-state index contributed by atoms with van der Waals surface area (Å²) >= 11 is 6.24. The van der Waals surface area contributed by atoms with Crippen molar-refractivity contribution in [2.75, 3.05) is 6.54 Å². The maximum absolute atomic E-state index is 13.2. The van der Waals surface area contributed by atoms with E-state index in [1.807, 2.05) is 18.2 Å². The van der Waals surface area contributed by atoms with Gasteiger partial charge in [0.15, 0.2) is 0 Å². The van der Waals surface area contributed by atoms with Crippen molar-refractivity contribution in [2.45, 2.75) is 38.1 Å². The zero-order valence-electron chi connectivity index (χ0n) is 12.7. The zero-order chi connectivity index (χ0) is 15.3. The minimum atomic E-state index is 0.0146. The molecule has 2 heterocycles. The molecule has 2 aliphatic rings. The summed E-state index contributed by atoms with van der Waals surface area (Å²) in [4.78, 5) is 19.5. The Morgan fingerprint density at radius 3 is 3.05 bits per heavy atom. The maximum atomic E-state index is 13.2. The minimum Gasteiger partial charge on any atom is -0.333 e. The lowest BCUT2D eigenvalue weighted by Gasteiger charge is -2.36. The fraction of sp³-hybridized carbons (Fsp3) is 0.444. The van der Waals surface area contributed by atoms with E-state index in [9.17, 15) is 4.79 Å². The van der Waals surface area contributed by atoms with Crippen molar-refractivity contribution in [3.8, 4) is 0 Å². The molecule has 2 atom stereocenters. The summed E-state index contributed by atoms with van der Waals surface area (Å²) in [6.45, 7) is 3.11. The van der Waals surface area contributed by atoms with Crippen molar-refractivity contribution >= 4 is 28.3 Å². The van der Waals surface area contributed by atoms with Gasteiger partial charge in [-0.15, -0.1) is 0 Å². The van der Waals surface area contributed by atoms with Gasteiger partial charge in [-0.3, -0.25) is 9.78 Å². The number of fused-ring (bicyclic) bond motifs is 3. The van der Waals surface area contributed by atoms with Gasteiger partial charge in [-0.25, -0.2) is 0 Å². The molecule has 1 aliphatic heterocycles. The molecule has 2 fully saturated rings. The summed E-state index contributed by atoms with van der Waals surface area (Å²) in [5.74, 6) is 0.765. The SMILES string of the molecule is C[C@@]12CCC[C@@H](CN1C(=O)c1cncc3c(Cl)cccc13)C2. The lowest BCUT2D eigenvalue weighted by molar-refractivity contribution is 0.0612. The van der Waals surface area contributed by atoms with Gasteiger partial charge in [-0.05, 0) is 43.6 Å². The summed E-state index contributed by atoms with van der Waals surface area (Å²) in [6.07, 6.45) is 8.14. The maximum Gasteiger partial charge on any atom is 0.256 e. The molecular formula is C18H19ClN2O. The number of hydrogen-bond donors (Lipinski definition) is 0. The predicted octanol–water partition coefficient (Wildman–Crippen LogP) is 4.29. The van der Waals surface area contributed by atoms with Crippen LogP contribution in [0.2, 0.25) is 5.02 Å². The number of rotatable bonds is 1. The number of nitrogens with zero attached hydrogens (tertiary/aromatic N) is 2. The van der Waals surface area contributed by atoms with E-state index in [0.29, 0.717) is 16.5 Å². The highest BCUT2D eigenvalue weighted by Gasteiger charge is 2.46. The first-order valence-corrected chi connectivity index (χ1v) is 8.30. The number of amides is 1. The van der Waals surface area contributed by atoms with Gasteiger partial charge in [-0.2, -0.15) is 0 Å². The largest absolute Gasteiger partial charge is 0.333 e. The third-order valence-electron chi connectivity index (χ3n) is 5.37. The molecule has 114 valence electrons. The standard InChI is InChI=1S/C18H19ClN2O/c1-18-7-3-4-12(8-18)11-21(18)17(22)15-10-20-9-14-13(15)5-2-6-16(14)19/h2,5-6,9-10,12H,3-4,7-8,11H2,1H3/t12-,18+/m1/s1. The molecule has 4 heteroatoms. The number of carbonyl (C=O) groups is 1. The fourth-order valence-corrected chi connectivity index (χ4v) is 4.50. The number of pyridine rings is 1. The van der Waals surface area contributed by atoms with Crippen LogP contribution in [0.3, 0.4) is 0 Å². The Morgan fingerprint density at radius 2 is 2.23 bits per heavy atom. The average Bonchev–Trinajstić information content (AvgIpc) is 2.75. The lowest BCUT2D eigenvalue weighted by atomic mass is 9.81. The van der Waals surface area contributed by atoms with Crippen molar-refractivity contribution in [2.24, 2.45) is 5.92 Å². The molecule has 1 aromatic heterocycles. The number of hydrogen-bond acceptors (Lipinski definition) is 2. The Labute approximate surface area is 135 Å². The summed E-state index contributed by atoms with van der Waals surface area (Å²) in [7, 11) is 0. The Hall–Kier alpha value is -1.61. The van der Waals surface area contributed by atoms with Crippen LogP contribution >= 0.6 is 11.6 Å². The Kier molecular flexibility index (Phi) is 3.15. The molecule has 4 rings (SSSR count). The highest BCUT2D eigenvalue weighted by atomic mass is 35.5. The molecule has 0 unspecified atom stereocenters. The minimum absolute atomic E-state index is 0.0146. The first-order chi connectivity index (χ1) is 10.6. The first kappa shape index (κ1) is 14.0. The molecule has 2 aromatic rings. The second-order valence-corrected chi connectivity index (χ2v) is 7.30. The molecule has 1 aromatic carbocycles. The van der Waals surface area contributed by atoms with Crippen LogP contribution in [0, 0.1) is 5.92 Å². The lowest BCUT2D eigenvalue weighted by Crippen LogP contribution is -2.45. The normalized spacial score (nSPS) is 27.4. The van der Waals surface area contributed by atoms with Gasteiger partial charge >= 0.3 is 0 Å². The van der Waals surface area contributed by atoms with E-state index >= 15 is 0 Å². The molecule has 3 nitrogen and oxygen atoms in total. The summed E-state index contributed by atoms with van der Waals surface area (Å²) in [5.41, 5.74) is 0.689. The van der Waals surface area contributed by atoms with Crippen LogP contribution in [0.25, 0.3) is 10.8 Å². The number of benzene rings is 1. The zero-order valence-corrected chi connectivity index (χ0v) is 13.4. The van der Waals surface area contributed by atoms with Gasteiger partial charge in [0.05, 0.1) is 5.56 Å². The molecule has 1 aliphatic carbocycles. The van der Waals surface area contributed by atoms with Crippen LogP contribution in [0.1, 0.15) is 43.0 Å². The Morgan fingerprint density at radius 1 is 1.36 bits per heavy atom. The average molecular weight is 315 g/mol. The molecule has 0 N–H and O–H groups in total. The van der Waals surface area contributed by atoms with Crippen LogP contribution in [-0.2, 0) is 0 Å². The second kappa shape index (κ2) is 4.95. The van der Waals surface area contributed by atoms with E-state index in [1.165, 1.54) is 12.8 Å². The summed E-state index contributed by atoms with van der Waals surface area (Å²) in [6, 6.07) is 5.69. The van der Waals surface area contributed by atoms with E-state index in [1.54, 1.807) is 12.4 Å².